The maximum atomic E-state index is 12.2. The Morgan fingerprint density at radius 2 is 0.913 bits per heavy atom. The standard InChI is InChI=1S/C35H44N2O9/c38-34(45-26-28-8-2-1-3-9-28)36-14-16-40-18-20-42-22-24-44-25-23-43-21-19-41-17-15-37-35(39)46-27-33-31-12-6-4-10-29(31)30-11-5-7-13-32(30)33/h1-13,33H,14-27H2,(H,36,38)(H,37,39). The minimum atomic E-state index is -0.474. The van der Waals surface area contributed by atoms with Crippen molar-refractivity contribution in [3.63, 3.8) is 0 Å². The van der Waals surface area contributed by atoms with E-state index in [9.17, 15) is 9.59 Å². The maximum Gasteiger partial charge on any atom is 0.407 e. The second-order valence-electron chi connectivity index (χ2n) is 10.3. The van der Waals surface area contributed by atoms with Gasteiger partial charge in [0.05, 0.1) is 66.1 Å². The van der Waals surface area contributed by atoms with Crippen molar-refractivity contribution in [2.75, 3.05) is 85.8 Å². The summed E-state index contributed by atoms with van der Waals surface area (Å²) in [6.07, 6.45) is -0.931. The van der Waals surface area contributed by atoms with Gasteiger partial charge in [0.1, 0.15) is 13.2 Å². The first-order valence-electron chi connectivity index (χ1n) is 15.6. The van der Waals surface area contributed by atoms with E-state index in [0.29, 0.717) is 79.2 Å². The molecule has 2 N–H and O–H groups in total. The Morgan fingerprint density at radius 1 is 0.500 bits per heavy atom. The first-order chi connectivity index (χ1) is 22.7. The topological polar surface area (TPSA) is 123 Å². The number of fused-ring (bicyclic) bond motifs is 3. The van der Waals surface area contributed by atoms with Crippen molar-refractivity contribution in [2.24, 2.45) is 0 Å². The maximum absolute atomic E-state index is 12.2. The van der Waals surface area contributed by atoms with Crippen LogP contribution >= 0.6 is 0 Å². The van der Waals surface area contributed by atoms with Crippen LogP contribution in [0.3, 0.4) is 0 Å². The van der Waals surface area contributed by atoms with Crippen LogP contribution in [0.5, 0.6) is 0 Å². The number of nitrogens with one attached hydrogen (secondary N) is 2. The van der Waals surface area contributed by atoms with Gasteiger partial charge in [-0.1, -0.05) is 78.9 Å². The molecule has 0 unspecified atom stereocenters. The summed E-state index contributed by atoms with van der Waals surface area (Å²) in [5.41, 5.74) is 5.70. The smallest absolute Gasteiger partial charge is 0.407 e. The van der Waals surface area contributed by atoms with Gasteiger partial charge in [0.25, 0.3) is 0 Å². The van der Waals surface area contributed by atoms with Crippen molar-refractivity contribution in [1.29, 1.82) is 0 Å². The van der Waals surface area contributed by atoms with E-state index in [4.69, 9.17) is 33.2 Å². The lowest BCUT2D eigenvalue weighted by Gasteiger charge is -2.14. The summed E-state index contributed by atoms with van der Waals surface area (Å²) in [5, 5.41) is 5.37. The predicted octanol–water partition coefficient (Wildman–Crippen LogP) is 4.53. The summed E-state index contributed by atoms with van der Waals surface area (Å²) in [4.78, 5) is 23.9. The predicted molar refractivity (Wildman–Crippen MR) is 172 cm³/mol. The quantitative estimate of drug-likeness (QED) is 0.153. The van der Waals surface area contributed by atoms with Gasteiger partial charge < -0.3 is 43.8 Å². The Kier molecular flexibility index (Phi) is 15.9. The molecule has 0 bridgehead atoms. The Balaban J connectivity index is 0.867. The van der Waals surface area contributed by atoms with Crippen LogP contribution in [0.1, 0.15) is 22.6 Å². The fourth-order valence-electron chi connectivity index (χ4n) is 4.86. The summed E-state index contributed by atoms with van der Waals surface area (Å²) in [6, 6.07) is 26.0. The highest BCUT2D eigenvalue weighted by Crippen LogP contribution is 2.44. The number of benzene rings is 3. The normalized spacial score (nSPS) is 11.9. The monoisotopic (exact) mass is 636 g/mol. The average molecular weight is 637 g/mol. The lowest BCUT2D eigenvalue weighted by atomic mass is 9.98. The lowest BCUT2D eigenvalue weighted by molar-refractivity contribution is -0.0105. The summed E-state index contributed by atoms with van der Waals surface area (Å²) in [5.74, 6) is 0.0351. The molecule has 0 aromatic heterocycles. The first-order valence-corrected chi connectivity index (χ1v) is 15.6. The number of rotatable bonds is 22. The van der Waals surface area contributed by atoms with E-state index in [-0.39, 0.29) is 19.1 Å². The molecule has 11 nitrogen and oxygen atoms in total. The van der Waals surface area contributed by atoms with Crippen molar-refractivity contribution in [3.8, 4) is 11.1 Å². The van der Waals surface area contributed by atoms with Crippen LogP contribution in [-0.4, -0.2) is 98.0 Å². The van der Waals surface area contributed by atoms with Gasteiger partial charge >= 0.3 is 12.2 Å². The van der Waals surface area contributed by atoms with Crippen LogP contribution in [0.4, 0.5) is 9.59 Å². The molecule has 4 rings (SSSR count). The van der Waals surface area contributed by atoms with Crippen LogP contribution in [-0.2, 0) is 39.8 Å². The van der Waals surface area contributed by atoms with E-state index in [2.05, 4.69) is 34.9 Å². The third-order valence-corrected chi connectivity index (χ3v) is 7.08. The van der Waals surface area contributed by atoms with Gasteiger partial charge in [-0.3, -0.25) is 0 Å². The molecule has 46 heavy (non-hydrogen) atoms. The molecular formula is C35H44N2O9. The molecule has 248 valence electrons. The highest BCUT2D eigenvalue weighted by atomic mass is 16.6. The van der Waals surface area contributed by atoms with E-state index in [0.717, 1.165) is 5.56 Å². The first kappa shape index (κ1) is 34.9. The third-order valence-electron chi connectivity index (χ3n) is 7.08. The number of hydrogen-bond acceptors (Lipinski definition) is 9. The number of carbonyl (C=O) groups is 2. The molecule has 0 saturated heterocycles. The summed E-state index contributed by atoms with van der Waals surface area (Å²) in [7, 11) is 0. The molecule has 0 radical (unpaired) electrons. The average Bonchev–Trinajstić information content (AvgIpc) is 3.41. The molecule has 0 saturated carbocycles. The van der Waals surface area contributed by atoms with E-state index < -0.39 is 12.2 Å². The van der Waals surface area contributed by atoms with E-state index in [1.54, 1.807) is 0 Å². The van der Waals surface area contributed by atoms with Crippen LogP contribution < -0.4 is 10.6 Å². The number of alkyl carbamates (subject to hydrolysis) is 2. The zero-order valence-electron chi connectivity index (χ0n) is 26.2. The minimum absolute atomic E-state index is 0.0351. The molecule has 0 spiro atoms. The van der Waals surface area contributed by atoms with Gasteiger partial charge in [0.2, 0.25) is 0 Å². The minimum Gasteiger partial charge on any atom is -0.449 e. The van der Waals surface area contributed by atoms with Crippen LogP contribution in [0.25, 0.3) is 11.1 Å². The summed E-state index contributed by atoms with van der Waals surface area (Å²) >= 11 is 0. The van der Waals surface area contributed by atoms with Gasteiger partial charge in [-0.15, -0.1) is 0 Å². The highest BCUT2D eigenvalue weighted by Gasteiger charge is 2.28. The van der Waals surface area contributed by atoms with E-state index >= 15 is 0 Å². The van der Waals surface area contributed by atoms with Gasteiger partial charge in [-0.25, -0.2) is 9.59 Å². The molecule has 0 aliphatic heterocycles. The zero-order valence-corrected chi connectivity index (χ0v) is 26.2. The third kappa shape index (κ3) is 12.4. The van der Waals surface area contributed by atoms with Gasteiger partial charge in [-0.2, -0.15) is 0 Å². The van der Waals surface area contributed by atoms with Gasteiger partial charge in [0.15, 0.2) is 0 Å². The fourth-order valence-corrected chi connectivity index (χ4v) is 4.86. The molecule has 0 heterocycles. The number of ether oxygens (including phenoxy) is 7. The Morgan fingerprint density at radius 3 is 1.41 bits per heavy atom. The number of amides is 2. The van der Waals surface area contributed by atoms with E-state index in [1.807, 2.05) is 54.6 Å². The second kappa shape index (κ2) is 20.9. The highest BCUT2D eigenvalue weighted by molar-refractivity contribution is 5.79. The Labute approximate surface area is 270 Å². The molecule has 2 amide bonds. The number of hydrogen-bond donors (Lipinski definition) is 2. The van der Waals surface area contributed by atoms with E-state index in [1.165, 1.54) is 22.3 Å². The molecule has 11 heteroatoms. The molecule has 0 atom stereocenters. The van der Waals surface area contributed by atoms with Crippen molar-refractivity contribution in [1.82, 2.24) is 10.6 Å². The van der Waals surface area contributed by atoms with Gasteiger partial charge in [-0.05, 0) is 27.8 Å². The Hall–Kier alpha value is -4.00. The molecule has 3 aromatic rings. The Bertz CT molecular complexity index is 1260. The summed E-state index contributed by atoms with van der Waals surface area (Å²) in [6.45, 7) is 5.48. The lowest BCUT2D eigenvalue weighted by Crippen LogP contribution is -2.29. The van der Waals surface area contributed by atoms with Crippen molar-refractivity contribution in [2.45, 2.75) is 12.5 Å². The number of carbonyl (C=O) groups excluding carboxylic acids is 2. The molecule has 1 aliphatic rings. The van der Waals surface area contributed by atoms with Crippen LogP contribution in [0, 0.1) is 0 Å². The summed E-state index contributed by atoms with van der Waals surface area (Å²) < 4.78 is 38.0. The molecule has 0 fully saturated rings. The largest absolute Gasteiger partial charge is 0.449 e. The van der Waals surface area contributed by atoms with Crippen LogP contribution in [0.2, 0.25) is 0 Å². The second-order valence-corrected chi connectivity index (χ2v) is 10.3. The van der Waals surface area contributed by atoms with Crippen molar-refractivity contribution >= 4 is 12.2 Å². The van der Waals surface area contributed by atoms with Crippen LogP contribution in [0.15, 0.2) is 78.9 Å². The van der Waals surface area contributed by atoms with Crippen molar-refractivity contribution in [3.05, 3.63) is 95.6 Å². The van der Waals surface area contributed by atoms with Gasteiger partial charge in [0, 0.05) is 19.0 Å². The SMILES string of the molecule is O=C(NCCOCCOCCOCCOCCOCCNC(=O)OCC1c2ccccc2-c2ccccc21)OCc1ccccc1. The molecule has 3 aromatic carbocycles. The molecule has 1 aliphatic carbocycles. The molecular weight excluding hydrogens is 592 g/mol. The fraction of sp³-hybridized carbons (Fsp3) is 0.429. The van der Waals surface area contributed by atoms with Crippen molar-refractivity contribution < 1.29 is 42.7 Å². The zero-order chi connectivity index (χ0) is 32.1.